The smallest absolute Gasteiger partial charge is 0.319 e. The summed E-state index contributed by atoms with van der Waals surface area (Å²) < 4.78 is 53.1. The Morgan fingerprint density at radius 3 is 2.30 bits per heavy atom. The molecule has 7 nitrogen and oxygen atoms in total. The maximum atomic E-state index is 16.4. The number of pyridine rings is 1. The number of alkyl halides is 2. The van der Waals surface area contributed by atoms with Crippen LogP contribution in [0.3, 0.4) is 0 Å². The minimum Gasteiger partial charge on any atom is -0.461 e. The summed E-state index contributed by atoms with van der Waals surface area (Å²) in [4.78, 5) is 18.7. The van der Waals surface area contributed by atoms with Crippen molar-refractivity contribution in [3.05, 3.63) is 77.7 Å². The minimum atomic E-state index is -3.18. The first-order chi connectivity index (χ1) is 21.4. The number of rotatable bonds is 7. The number of piperazine rings is 1. The van der Waals surface area contributed by atoms with Gasteiger partial charge in [-0.3, -0.25) is 9.88 Å². The molecule has 44 heavy (non-hydrogen) atoms. The van der Waals surface area contributed by atoms with Crippen molar-refractivity contribution in [1.29, 1.82) is 0 Å². The molecule has 4 saturated heterocycles. The summed E-state index contributed by atoms with van der Waals surface area (Å²) in [6, 6.07) is 14.2. The zero-order valence-corrected chi connectivity index (χ0v) is 24.5. The monoisotopic (exact) mass is 600 g/mol. The highest BCUT2D eigenvalue weighted by Crippen LogP contribution is 2.40. The van der Waals surface area contributed by atoms with Gasteiger partial charge in [-0.05, 0) is 51.6 Å². The van der Waals surface area contributed by atoms with E-state index >= 15 is 13.2 Å². The van der Waals surface area contributed by atoms with E-state index in [0.29, 0.717) is 35.5 Å². The van der Waals surface area contributed by atoms with Crippen molar-refractivity contribution < 1.29 is 17.9 Å². The van der Waals surface area contributed by atoms with Gasteiger partial charge in [0.25, 0.3) is 5.92 Å². The average Bonchev–Trinajstić information content (AvgIpc) is 3.74. The first-order valence-corrected chi connectivity index (χ1v) is 15.7. The quantitative estimate of drug-likeness (QED) is 0.283. The van der Waals surface area contributed by atoms with Crippen LogP contribution in [0.2, 0.25) is 0 Å². The number of anilines is 1. The predicted octanol–water partition coefficient (Wildman–Crippen LogP) is 5.92. The van der Waals surface area contributed by atoms with Crippen LogP contribution in [0, 0.1) is 5.82 Å². The van der Waals surface area contributed by atoms with Gasteiger partial charge in [-0.2, -0.15) is 18.7 Å². The van der Waals surface area contributed by atoms with Crippen molar-refractivity contribution in [1.82, 2.24) is 25.2 Å². The lowest BCUT2D eigenvalue weighted by molar-refractivity contribution is 0.0428. The Hall–Kier alpha value is -3.76. The Morgan fingerprint density at radius 1 is 0.909 bits per heavy atom. The van der Waals surface area contributed by atoms with Crippen molar-refractivity contribution in [2.24, 2.45) is 0 Å². The van der Waals surface area contributed by atoms with Crippen molar-refractivity contribution in [3.8, 4) is 17.3 Å². The Bertz CT molecular complexity index is 1660. The molecule has 4 aromatic rings. The molecule has 2 aromatic carbocycles. The first-order valence-electron chi connectivity index (χ1n) is 15.7. The summed E-state index contributed by atoms with van der Waals surface area (Å²) in [7, 11) is 0. The zero-order chi connectivity index (χ0) is 29.9. The summed E-state index contributed by atoms with van der Waals surface area (Å²) in [6.45, 7) is 4.16. The number of aromatic nitrogens is 3. The lowest BCUT2D eigenvalue weighted by Crippen LogP contribution is -2.51. The van der Waals surface area contributed by atoms with E-state index in [9.17, 15) is 0 Å². The van der Waals surface area contributed by atoms with Crippen LogP contribution in [-0.2, 0) is 5.92 Å². The molecule has 6 heterocycles. The van der Waals surface area contributed by atoms with Crippen molar-refractivity contribution in [2.45, 2.75) is 62.1 Å². The van der Waals surface area contributed by atoms with Gasteiger partial charge >= 0.3 is 6.01 Å². The van der Waals surface area contributed by atoms with E-state index < -0.39 is 11.7 Å². The molecule has 228 valence electrons. The van der Waals surface area contributed by atoms with E-state index in [1.807, 2.05) is 0 Å². The summed E-state index contributed by atoms with van der Waals surface area (Å²) >= 11 is 0. The summed E-state index contributed by atoms with van der Waals surface area (Å²) in [6.07, 6.45) is 8.27. The lowest BCUT2D eigenvalue weighted by Gasteiger charge is -2.34. The second-order valence-corrected chi connectivity index (χ2v) is 12.8. The highest BCUT2D eigenvalue weighted by molar-refractivity contribution is 5.92. The number of halogens is 3. The standard InChI is InChI=1S/C34H35F3N6O/c35-28-29(22-8-10-24(11-9-22)34(36,37)23-6-2-1-3-7-23)38-18-27-30(28)40-32(44-21-33-14-4-16-43(33)17-5-15-33)41-31(27)42-19-25-12-13-26(20-42)39-25/h1-3,6-11,18,25-26,39H,4-5,12-17,19-21H2/t25-,26+. The van der Waals surface area contributed by atoms with E-state index in [4.69, 9.17) is 9.72 Å². The summed E-state index contributed by atoms with van der Waals surface area (Å²) in [5.41, 5.74) is 0.309. The van der Waals surface area contributed by atoms with Gasteiger partial charge in [-0.15, -0.1) is 0 Å². The lowest BCUT2D eigenvalue weighted by atomic mass is 9.95. The highest BCUT2D eigenvalue weighted by Gasteiger charge is 2.45. The second-order valence-electron chi connectivity index (χ2n) is 12.8. The normalized spacial score (nSPS) is 22.9. The molecule has 0 radical (unpaired) electrons. The van der Waals surface area contributed by atoms with Crippen molar-refractivity contribution in [3.63, 3.8) is 0 Å². The maximum absolute atomic E-state index is 16.4. The topological polar surface area (TPSA) is 66.4 Å². The molecule has 0 unspecified atom stereocenters. The molecule has 0 amide bonds. The van der Waals surface area contributed by atoms with E-state index in [1.165, 1.54) is 36.4 Å². The Balaban J connectivity index is 1.16. The Kier molecular flexibility index (Phi) is 6.75. The van der Waals surface area contributed by atoms with E-state index in [0.717, 1.165) is 64.7 Å². The highest BCUT2D eigenvalue weighted by atomic mass is 19.3. The van der Waals surface area contributed by atoms with Gasteiger partial charge < -0.3 is 15.0 Å². The van der Waals surface area contributed by atoms with Crippen LogP contribution in [-0.4, -0.2) is 70.3 Å². The molecular weight excluding hydrogens is 565 g/mol. The number of hydrogen-bond donors (Lipinski definition) is 1. The van der Waals surface area contributed by atoms with Crippen LogP contribution < -0.4 is 15.0 Å². The molecule has 2 bridgehead atoms. The van der Waals surface area contributed by atoms with Gasteiger partial charge in [0, 0.05) is 48.1 Å². The predicted molar refractivity (Wildman–Crippen MR) is 163 cm³/mol. The molecule has 2 aromatic heterocycles. The average molecular weight is 601 g/mol. The van der Waals surface area contributed by atoms with Gasteiger partial charge in [0.1, 0.15) is 23.6 Å². The van der Waals surface area contributed by atoms with Crippen molar-refractivity contribution in [2.75, 3.05) is 37.7 Å². The molecule has 0 spiro atoms. The van der Waals surface area contributed by atoms with Gasteiger partial charge in [0.2, 0.25) is 0 Å². The third-order valence-electron chi connectivity index (χ3n) is 10.1. The molecule has 4 aliphatic rings. The third-order valence-corrected chi connectivity index (χ3v) is 10.1. The number of ether oxygens (including phenoxy) is 1. The van der Waals surface area contributed by atoms with Crippen LogP contribution >= 0.6 is 0 Å². The third kappa shape index (κ3) is 4.70. The number of nitrogens with one attached hydrogen (secondary N) is 1. The van der Waals surface area contributed by atoms with Gasteiger partial charge in [-0.25, -0.2) is 4.39 Å². The summed E-state index contributed by atoms with van der Waals surface area (Å²) in [5.74, 6) is -3.16. The Morgan fingerprint density at radius 2 is 1.59 bits per heavy atom. The number of fused-ring (bicyclic) bond motifs is 4. The number of benzene rings is 2. The fourth-order valence-electron chi connectivity index (χ4n) is 7.81. The molecule has 1 N–H and O–H groups in total. The Labute approximate surface area is 254 Å². The van der Waals surface area contributed by atoms with Gasteiger partial charge in [0.15, 0.2) is 5.82 Å². The zero-order valence-electron chi connectivity index (χ0n) is 24.5. The van der Waals surface area contributed by atoms with Crippen LogP contribution in [0.25, 0.3) is 22.2 Å². The molecule has 8 rings (SSSR count). The van der Waals surface area contributed by atoms with E-state index in [2.05, 4.69) is 25.1 Å². The molecule has 4 fully saturated rings. The van der Waals surface area contributed by atoms with Crippen LogP contribution in [0.15, 0.2) is 60.8 Å². The fourth-order valence-corrected chi connectivity index (χ4v) is 7.81. The molecule has 10 heteroatoms. The second kappa shape index (κ2) is 10.7. The maximum Gasteiger partial charge on any atom is 0.319 e. The number of nitrogens with zero attached hydrogens (tertiary/aromatic N) is 5. The molecule has 2 atom stereocenters. The number of hydrogen-bond acceptors (Lipinski definition) is 7. The van der Waals surface area contributed by atoms with Crippen molar-refractivity contribution >= 4 is 16.7 Å². The first kappa shape index (κ1) is 27.8. The SMILES string of the molecule is Fc1c(-c2ccc(C(F)(F)c3ccccc3)cc2)ncc2c(N3C[C@H]4CC[C@@H](C3)N4)nc(OCC34CCCN3CCC4)nc12. The summed E-state index contributed by atoms with van der Waals surface area (Å²) in [5, 5.41) is 4.16. The van der Waals surface area contributed by atoms with Crippen LogP contribution in [0.4, 0.5) is 19.0 Å². The molecular formula is C34H35F3N6O. The van der Waals surface area contributed by atoms with Gasteiger partial charge in [-0.1, -0.05) is 54.6 Å². The largest absolute Gasteiger partial charge is 0.461 e. The van der Waals surface area contributed by atoms with Crippen LogP contribution in [0.1, 0.15) is 49.7 Å². The van der Waals surface area contributed by atoms with E-state index in [-0.39, 0.29) is 33.9 Å². The molecule has 0 aliphatic carbocycles. The minimum absolute atomic E-state index is 0.00185. The fraction of sp³-hybridized carbons (Fsp3) is 0.441. The molecule has 0 saturated carbocycles. The van der Waals surface area contributed by atoms with Crippen LogP contribution in [0.5, 0.6) is 6.01 Å². The molecule has 4 aliphatic heterocycles. The van der Waals surface area contributed by atoms with Gasteiger partial charge in [0.05, 0.1) is 10.9 Å². The van der Waals surface area contributed by atoms with E-state index in [1.54, 1.807) is 24.4 Å².